The third kappa shape index (κ3) is 5.00. The molecule has 0 aliphatic carbocycles. The van der Waals surface area contributed by atoms with Crippen LogP contribution in [0.15, 0.2) is 23.1 Å². The molecule has 21 heavy (non-hydrogen) atoms. The average molecular weight is 316 g/mol. The van der Waals surface area contributed by atoms with Crippen LogP contribution in [0.3, 0.4) is 0 Å². The second-order valence-corrected chi connectivity index (χ2v) is 6.43. The lowest BCUT2D eigenvalue weighted by molar-refractivity contribution is 0.0695. The van der Waals surface area contributed by atoms with E-state index in [1.807, 2.05) is 13.8 Å². The summed E-state index contributed by atoms with van der Waals surface area (Å²) in [6, 6.07) is 3.78. The summed E-state index contributed by atoms with van der Waals surface area (Å²) in [5, 5.41) is 14.2. The average Bonchev–Trinajstić information content (AvgIpc) is 2.36. The normalized spacial score (nSPS) is 11.7. The fourth-order valence-corrected chi connectivity index (χ4v) is 2.28. The second-order valence-electron chi connectivity index (χ2n) is 4.87. The van der Waals surface area contributed by atoms with Crippen molar-refractivity contribution in [2.75, 3.05) is 25.1 Å². The number of benzene rings is 1. The molecule has 0 spiro atoms. The summed E-state index contributed by atoms with van der Waals surface area (Å²) in [7, 11) is -2.23. The van der Waals surface area contributed by atoms with Gasteiger partial charge in [0.1, 0.15) is 0 Å². The van der Waals surface area contributed by atoms with E-state index in [9.17, 15) is 18.3 Å². The van der Waals surface area contributed by atoms with Crippen molar-refractivity contribution >= 4 is 21.7 Å². The molecule has 0 amide bonds. The van der Waals surface area contributed by atoms with Crippen LogP contribution >= 0.6 is 0 Å². The number of nitrogens with two attached hydrogens (primary N) is 1. The molecule has 0 unspecified atom stereocenters. The second kappa shape index (κ2) is 6.88. The van der Waals surface area contributed by atoms with Gasteiger partial charge in [0.15, 0.2) is 0 Å². The van der Waals surface area contributed by atoms with E-state index in [-0.39, 0.29) is 16.6 Å². The predicted octanol–water partition coefficient (Wildman–Crippen LogP) is 0.893. The largest absolute Gasteiger partial charge is 0.478 e. The molecule has 0 fully saturated rings. The Balaban J connectivity index is 3.04. The number of anilines is 1. The van der Waals surface area contributed by atoms with Gasteiger partial charge in [-0.1, -0.05) is 0 Å². The van der Waals surface area contributed by atoms with E-state index in [0.717, 1.165) is 6.07 Å². The van der Waals surface area contributed by atoms with Crippen molar-refractivity contribution in [2.24, 2.45) is 5.14 Å². The van der Waals surface area contributed by atoms with Crippen LogP contribution in [-0.4, -0.2) is 45.8 Å². The van der Waals surface area contributed by atoms with Crippen molar-refractivity contribution in [1.29, 1.82) is 0 Å². The predicted molar refractivity (Wildman–Crippen MR) is 79.1 cm³/mol. The first-order chi connectivity index (χ1) is 9.62. The molecule has 0 atom stereocenters. The Bertz CT molecular complexity index is 613. The smallest absolute Gasteiger partial charge is 0.337 e. The minimum atomic E-state index is -3.94. The summed E-state index contributed by atoms with van der Waals surface area (Å²) < 4.78 is 28.0. The molecule has 1 aromatic carbocycles. The maximum absolute atomic E-state index is 11.3. The van der Waals surface area contributed by atoms with Crippen molar-refractivity contribution < 1.29 is 23.1 Å². The number of rotatable bonds is 7. The summed E-state index contributed by atoms with van der Waals surface area (Å²) in [4.78, 5) is 12.8. The summed E-state index contributed by atoms with van der Waals surface area (Å²) in [5.74, 6) is -1.22. The summed E-state index contributed by atoms with van der Waals surface area (Å²) >= 11 is 0. The minimum Gasteiger partial charge on any atom is -0.478 e. The Labute approximate surface area is 124 Å². The third-order valence-corrected chi connectivity index (χ3v) is 3.73. The Morgan fingerprint density at radius 1 is 1.43 bits per heavy atom. The van der Waals surface area contributed by atoms with E-state index < -0.39 is 16.0 Å². The summed E-state index contributed by atoms with van der Waals surface area (Å²) in [6.45, 7) is 4.73. The molecule has 0 heterocycles. The molecule has 0 saturated heterocycles. The van der Waals surface area contributed by atoms with E-state index >= 15 is 0 Å². The van der Waals surface area contributed by atoms with Gasteiger partial charge in [-0.15, -0.1) is 0 Å². The number of sulfonamides is 1. The van der Waals surface area contributed by atoms with Crippen molar-refractivity contribution in [3.63, 3.8) is 0 Å². The molecule has 0 aliphatic heterocycles. The van der Waals surface area contributed by atoms with Gasteiger partial charge in [-0.2, -0.15) is 0 Å². The van der Waals surface area contributed by atoms with Crippen molar-refractivity contribution in [3.8, 4) is 0 Å². The fraction of sp³-hybridized carbons (Fsp3) is 0.462. The van der Waals surface area contributed by atoms with Gasteiger partial charge in [0, 0.05) is 13.6 Å². The van der Waals surface area contributed by atoms with Gasteiger partial charge in [0.2, 0.25) is 10.0 Å². The number of ether oxygens (including phenoxy) is 1. The van der Waals surface area contributed by atoms with Crippen molar-refractivity contribution in [2.45, 2.75) is 24.8 Å². The van der Waals surface area contributed by atoms with Crippen LogP contribution in [0.2, 0.25) is 0 Å². The van der Waals surface area contributed by atoms with Crippen LogP contribution in [0.4, 0.5) is 5.69 Å². The molecule has 0 aliphatic rings. The van der Waals surface area contributed by atoms with Crippen LogP contribution in [0, 0.1) is 0 Å². The Morgan fingerprint density at radius 3 is 2.52 bits per heavy atom. The highest BCUT2D eigenvalue weighted by Gasteiger charge is 2.18. The standard InChI is InChI=1S/C13H20N2O5S/c1-9(2)20-7-6-15(3)12-5-4-10(21(14,18)19)8-11(12)13(16)17/h4-5,8-9H,6-7H2,1-3H3,(H,16,17)(H2,14,18,19). The molecule has 8 heteroatoms. The van der Waals surface area contributed by atoms with Crippen molar-refractivity contribution in [1.82, 2.24) is 0 Å². The topological polar surface area (TPSA) is 110 Å². The van der Waals surface area contributed by atoms with Crippen LogP contribution in [0.5, 0.6) is 0 Å². The van der Waals surface area contributed by atoms with Gasteiger partial charge >= 0.3 is 5.97 Å². The first-order valence-electron chi connectivity index (χ1n) is 6.36. The lowest BCUT2D eigenvalue weighted by Crippen LogP contribution is -2.26. The van der Waals surface area contributed by atoms with E-state index in [2.05, 4.69) is 0 Å². The number of hydrogen-bond donors (Lipinski definition) is 2. The zero-order chi connectivity index (χ0) is 16.2. The molecule has 0 bridgehead atoms. The molecule has 1 aromatic rings. The maximum Gasteiger partial charge on any atom is 0.337 e. The Hall–Kier alpha value is -1.64. The van der Waals surface area contributed by atoms with E-state index in [4.69, 9.17) is 9.88 Å². The van der Waals surface area contributed by atoms with Gasteiger partial charge < -0.3 is 14.7 Å². The first-order valence-corrected chi connectivity index (χ1v) is 7.90. The van der Waals surface area contributed by atoms with Crippen LogP contribution in [0.1, 0.15) is 24.2 Å². The van der Waals surface area contributed by atoms with Gasteiger partial charge in [-0.25, -0.2) is 18.4 Å². The molecular weight excluding hydrogens is 296 g/mol. The van der Waals surface area contributed by atoms with Gasteiger partial charge in [0.05, 0.1) is 28.9 Å². The van der Waals surface area contributed by atoms with Gasteiger partial charge in [0.25, 0.3) is 0 Å². The quantitative estimate of drug-likeness (QED) is 0.773. The zero-order valence-electron chi connectivity index (χ0n) is 12.2. The summed E-state index contributed by atoms with van der Waals surface area (Å²) in [6.07, 6.45) is 0.0853. The number of carboxylic acid groups (broad SMARTS) is 1. The minimum absolute atomic E-state index is 0.0853. The van der Waals surface area contributed by atoms with Crippen LogP contribution in [0.25, 0.3) is 0 Å². The molecule has 3 N–H and O–H groups in total. The Morgan fingerprint density at radius 2 is 2.05 bits per heavy atom. The molecule has 0 radical (unpaired) electrons. The Kier molecular flexibility index (Phi) is 5.70. The highest BCUT2D eigenvalue weighted by molar-refractivity contribution is 7.89. The summed E-state index contributed by atoms with van der Waals surface area (Å²) in [5.41, 5.74) is 0.288. The highest BCUT2D eigenvalue weighted by atomic mass is 32.2. The monoisotopic (exact) mass is 316 g/mol. The van der Waals surface area contributed by atoms with E-state index in [1.165, 1.54) is 12.1 Å². The number of likely N-dealkylation sites (N-methyl/N-ethyl adjacent to an activating group) is 1. The van der Waals surface area contributed by atoms with E-state index in [1.54, 1.807) is 11.9 Å². The maximum atomic E-state index is 11.3. The molecule has 1 rings (SSSR count). The number of primary sulfonamides is 1. The molecule has 118 valence electrons. The number of hydrogen-bond acceptors (Lipinski definition) is 5. The SMILES string of the molecule is CC(C)OCCN(C)c1ccc(S(N)(=O)=O)cc1C(=O)O. The highest BCUT2D eigenvalue weighted by Crippen LogP contribution is 2.23. The van der Waals surface area contributed by atoms with Gasteiger partial charge in [-0.3, -0.25) is 0 Å². The lowest BCUT2D eigenvalue weighted by Gasteiger charge is -2.22. The number of nitrogens with zero attached hydrogens (tertiary/aromatic N) is 1. The van der Waals surface area contributed by atoms with Crippen LogP contribution < -0.4 is 10.0 Å². The first kappa shape index (κ1) is 17.4. The fourth-order valence-electron chi connectivity index (χ4n) is 1.74. The third-order valence-electron chi connectivity index (χ3n) is 2.82. The van der Waals surface area contributed by atoms with Gasteiger partial charge in [-0.05, 0) is 32.0 Å². The lowest BCUT2D eigenvalue weighted by atomic mass is 10.1. The number of carboxylic acids is 1. The molecule has 0 aromatic heterocycles. The number of carbonyl (C=O) groups is 1. The van der Waals surface area contributed by atoms with E-state index in [0.29, 0.717) is 18.8 Å². The molecule has 0 saturated carbocycles. The zero-order valence-corrected chi connectivity index (χ0v) is 13.1. The van der Waals surface area contributed by atoms with Crippen LogP contribution in [-0.2, 0) is 14.8 Å². The molecular formula is C13H20N2O5S. The van der Waals surface area contributed by atoms with Crippen molar-refractivity contribution in [3.05, 3.63) is 23.8 Å². The number of aromatic carboxylic acids is 1. The molecule has 7 nitrogen and oxygen atoms in total.